The number of nitriles is 1. The number of benzene rings is 1. The molecule has 0 spiro atoms. The second kappa shape index (κ2) is 6.01. The molecular formula is C11H12BrN5. The van der Waals surface area contributed by atoms with Gasteiger partial charge >= 0.3 is 0 Å². The van der Waals surface area contributed by atoms with Gasteiger partial charge in [-0.05, 0) is 24.1 Å². The van der Waals surface area contributed by atoms with E-state index >= 15 is 0 Å². The number of rotatable bonds is 4. The van der Waals surface area contributed by atoms with E-state index in [2.05, 4.69) is 33.4 Å². The van der Waals surface area contributed by atoms with E-state index in [4.69, 9.17) is 16.4 Å². The van der Waals surface area contributed by atoms with E-state index in [0.717, 1.165) is 16.6 Å². The Labute approximate surface area is 108 Å². The van der Waals surface area contributed by atoms with Gasteiger partial charge in [-0.1, -0.05) is 28.9 Å². The molecule has 0 heterocycles. The Hall–Kier alpha value is -1.87. The fraction of sp³-hybridized carbons (Fsp3) is 0.182. The number of aryl methyl sites for hydroxylation is 1. The number of halogens is 1. The van der Waals surface area contributed by atoms with Gasteiger partial charge in [-0.2, -0.15) is 10.4 Å². The SMILES string of the molecule is CCc1ccc(N/N=C(\C#N)C(=N)N)cc1Br. The Morgan fingerprint density at radius 1 is 1.65 bits per heavy atom. The van der Waals surface area contributed by atoms with Crippen molar-refractivity contribution in [2.45, 2.75) is 13.3 Å². The van der Waals surface area contributed by atoms with Gasteiger partial charge in [-0.3, -0.25) is 10.8 Å². The van der Waals surface area contributed by atoms with Gasteiger partial charge in [-0.25, -0.2) is 0 Å². The van der Waals surface area contributed by atoms with E-state index in [1.165, 1.54) is 5.56 Å². The second-order valence-electron chi connectivity index (χ2n) is 3.26. The minimum atomic E-state index is -0.357. The van der Waals surface area contributed by atoms with Crippen LogP contribution >= 0.6 is 15.9 Å². The van der Waals surface area contributed by atoms with E-state index in [1.54, 1.807) is 6.07 Å². The molecule has 0 aliphatic heterocycles. The highest BCUT2D eigenvalue weighted by molar-refractivity contribution is 9.10. The molecule has 1 aromatic carbocycles. The van der Waals surface area contributed by atoms with Crippen LogP contribution in [0.5, 0.6) is 0 Å². The Balaban J connectivity index is 2.87. The maximum atomic E-state index is 8.66. The molecule has 5 nitrogen and oxygen atoms in total. The van der Waals surface area contributed by atoms with Gasteiger partial charge in [0.1, 0.15) is 6.07 Å². The average molecular weight is 294 g/mol. The van der Waals surface area contributed by atoms with E-state index < -0.39 is 0 Å². The lowest BCUT2D eigenvalue weighted by Crippen LogP contribution is -2.21. The highest BCUT2D eigenvalue weighted by Gasteiger charge is 2.02. The Morgan fingerprint density at radius 2 is 2.35 bits per heavy atom. The first-order valence-corrected chi connectivity index (χ1v) is 5.74. The number of amidine groups is 1. The van der Waals surface area contributed by atoms with Crippen molar-refractivity contribution >= 4 is 33.2 Å². The molecule has 6 heteroatoms. The summed E-state index contributed by atoms with van der Waals surface area (Å²) in [4.78, 5) is 0. The summed E-state index contributed by atoms with van der Waals surface area (Å²) in [6, 6.07) is 7.40. The van der Waals surface area contributed by atoms with E-state index in [9.17, 15) is 0 Å². The predicted octanol–water partition coefficient (Wildman–Crippen LogP) is 2.24. The van der Waals surface area contributed by atoms with Gasteiger partial charge in [0.2, 0.25) is 5.71 Å². The number of nitrogens with two attached hydrogens (primary N) is 1. The molecule has 0 aliphatic carbocycles. The van der Waals surface area contributed by atoms with E-state index in [1.807, 2.05) is 18.2 Å². The van der Waals surface area contributed by atoms with Crippen molar-refractivity contribution in [2.75, 3.05) is 5.43 Å². The molecule has 0 bridgehead atoms. The third-order valence-corrected chi connectivity index (χ3v) is 2.83. The topological polar surface area (TPSA) is 98.0 Å². The fourth-order valence-corrected chi connectivity index (χ4v) is 1.83. The molecule has 0 fully saturated rings. The maximum Gasteiger partial charge on any atom is 0.201 e. The summed E-state index contributed by atoms with van der Waals surface area (Å²) in [5.41, 5.74) is 9.62. The van der Waals surface area contributed by atoms with Crippen molar-refractivity contribution in [1.29, 1.82) is 10.7 Å². The maximum absolute atomic E-state index is 8.66. The highest BCUT2D eigenvalue weighted by atomic mass is 79.9. The molecule has 1 aromatic rings. The zero-order valence-electron chi connectivity index (χ0n) is 9.29. The number of hydrogen-bond acceptors (Lipinski definition) is 4. The zero-order chi connectivity index (χ0) is 12.8. The summed E-state index contributed by atoms with van der Waals surface area (Å²) < 4.78 is 0.974. The molecule has 0 saturated carbocycles. The number of hydrazone groups is 1. The van der Waals surface area contributed by atoms with Gasteiger partial charge in [0.15, 0.2) is 5.84 Å². The van der Waals surface area contributed by atoms with Crippen molar-refractivity contribution in [3.05, 3.63) is 28.2 Å². The molecule has 1 rings (SSSR count). The molecule has 0 aromatic heterocycles. The van der Waals surface area contributed by atoms with Crippen LogP contribution in [-0.4, -0.2) is 11.5 Å². The van der Waals surface area contributed by atoms with E-state index in [-0.39, 0.29) is 11.5 Å². The van der Waals surface area contributed by atoms with Crippen LogP contribution in [0.2, 0.25) is 0 Å². The highest BCUT2D eigenvalue weighted by Crippen LogP contribution is 2.21. The van der Waals surface area contributed by atoms with Crippen LogP contribution in [-0.2, 0) is 6.42 Å². The van der Waals surface area contributed by atoms with Crippen LogP contribution in [0.25, 0.3) is 0 Å². The van der Waals surface area contributed by atoms with Crippen LogP contribution in [0.1, 0.15) is 12.5 Å². The average Bonchev–Trinajstić information content (AvgIpc) is 2.29. The lowest BCUT2D eigenvalue weighted by atomic mass is 10.1. The van der Waals surface area contributed by atoms with Crippen molar-refractivity contribution in [3.8, 4) is 6.07 Å². The smallest absolute Gasteiger partial charge is 0.201 e. The lowest BCUT2D eigenvalue weighted by molar-refractivity contribution is 1.13. The third-order valence-electron chi connectivity index (χ3n) is 2.09. The predicted molar refractivity (Wildman–Crippen MR) is 72.1 cm³/mol. The number of nitrogens with zero attached hydrogens (tertiary/aromatic N) is 2. The van der Waals surface area contributed by atoms with Crippen molar-refractivity contribution in [1.82, 2.24) is 0 Å². The number of anilines is 1. The minimum absolute atomic E-state index is 0.138. The standard InChI is InChI=1S/C11H12BrN5/c1-2-7-3-4-8(5-9(7)12)16-17-10(6-13)11(14)15/h3-5,16H,2H2,1H3,(H3,14,15)/b17-10+. The van der Waals surface area contributed by atoms with Crippen LogP contribution in [0, 0.1) is 16.7 Å². The van der Waals surface area contributed by atoms with Crippen LogP contribution in [0.15, 0.2) is 27.8 Å². The van der Waals surface area contributed by atoms with Gasteiger partial charge in [0.25, 0.3) is 0 Å². The van der Waals surface area contributed by atoms with Gasteiger partial charge in [0, 0.05) is 4.47 Å². The molecule has 0 aliphatic rings. The molecule has 0 amide bonds. The molecule has 0 radical (unpaired) electrons. The van der Waals surface area contributed by atoms with Gasteiger partial charge in [-0.15, -0.1) is 0 Å². The fourth-order valence-electron chi connectivity index (χ4n) is 1.17. The number of nitrogens with one attached hydrogen (secondary N) is 2. The minimum Gasteiger partial charge on any atom is -0.382 e. The van der Waals surface area contributed by atoms with Gasteiger partial charge in [0.05, 0.1) is 5.69 Å². The van der Waals surface area contributed by atoms with Crippen LogP contribution in [0.4, 0.5) is 5.69 Å². The largest absolute Gasteiger partial charge is 0.382 e. The summed E-state index contributed by atoms with van der Waals surface area (Å²) in [5.74, 6) is -0.357. The third kappa shape index (κ3) is 3.57. The second-order valence-corrected chi connectivity index (χ2v) is 4.11. The molecular weight excluding hydrogens is 282 g/mol. The number of hydrogen-bond donors (Lipinski definition) is 3. The molecule has 17 heavy (non-hydrogen) atoms. The summed E-state index contributed by atoms with van der Waals surface area (Å²) in [6.45, 7) is 2.06. The van der Waals surface area contributed by atoms with Crippen molar-refractivity contribution in [2.24, 2.45) is 10.8 Å². The summed E-state index contributed by atoms with van der Waals surface area (Å²) in [7, 11) is 0. The van der Waals surface area contributed by atoms with Crippen LogP contribution < -0.4 is 11.2 Å². The Bertz CT molecular complexity index is 501. The van der Waals surface area contributed by atoms with Crippen molar-refractivity contribution < 1.29 is 0 Å². The summed E-state index contributed by atoms with van der Waals surface area (Å²) in [5, 5.41) is 19.5. The summed E-state index contributed by atoms with van der Waals surface area (Å²) >= 11 is 3.44. The monoisotopic (exact) mass is 293 g/mol. The molecule has 0 saturated heterocycles. The van der Waals surface area contributed by atoms with Crippen LogP contribution in [0.3, 0.4) is 0 Å². The first-order chi connectivity index (χ1) is 8.08. The first kappa shape index (κ1) is 13.2. The Kier molecular flexibility index (Phi) is 4.67. The molecule has 0 unspecified atom stereocenters. The van der Waals surface area contributed by atoms with E-state index in [0.29, 0.717) is 0 Å². The molecule has 88 valence electrons. The first-order valence-electron chi connectivity index (χ1n) is 4.95. The Morgan fingerprint density at radius 3 is 2.82 bits per heavy atom. The molecule has 0 atom stereocenters. The lowest BCUT2D eigenvalue weighted by Gasteiger charge is -2.05. The van der Waals surface area contributed by atoms with Gasteiger partial charge < -0.3 is 5.73 Å². The quantitative estimate of drug-likeness (QED) is 0.451. The zero-order valence-corrected chi connectivity index (χ0v) is 10.9. The van der Waals surface area contributed by atoms with Crippen molar-refractivity contribution in [3.63, 3.8) is 0 Å². The molecule has 4 N–H and O–H groups in total. The summed E-state index contributed by atoms with van der Waals surface area (Å²) in [6.07, 6.45) is 0.932. The normalized spacial score (nSPS) is 10.8.